The third-order valence-corrected chi connectivity index (χ3v) is 2.87. The fraction of sp³-hybridized carbons (Fsp3) is 0.400. The Morgan fingerprint density at radius 2 is 1.93 bits per heavy atom. The number of nitrogens with two attached hydrogens (primary N) is 1. The van der Waals surface area contributed by atoms with Gasteiger partial charge in [-0.2, -0.15) is 0 Å². The van der Waals surface area contributed by atoms with Crippen LogP contribution >= 0.6 is 23.2 Å². The van der Waals surface area contributed by atoms with Crippen molar-refractivity contribution in [2.24, 2.45) is 5.73 Å². The summed E-state index contributed by atoms with van der Waals surface area (Å²) in [5.74, 6) is -0.663. The first-order valence-corrected chi connectivity index (χ1v) is 5.31. The SMILES string of the molecule is CC[C@H](O)[C@H](N)c1c(Cl)ccc(Cl)c1F. The van der Waals surface area contributed by atoms with Gasteiger partial charge in [0, 0.05) is 10.6 Å². The third-order valence-electron chi connectivity index (χ3n) is 2.25. The van der Waals surface area contributed by atoms with Crippen molar-refractivity contribution in [1.29, 1.82) is 0 Å². The maximum atomic E-state index is 13.6. The van der Waals surface area contributed by atoms with Crippen LogP contribution in [0.2, 0.25) is 10.0 Å². The summed E-state index contributed by atoms with van der Waals surface area (Å²) in [5.41, 5.74) is 5.75. The quantitative estimate of drug-likeness (QED) is 0.812. The molecule has 0 bridgehead atoms. The monoisotopic (exact) mass is 251 g/mol. The second kappa shape index (κ2) is 5.12. The fourth-order valence-corrected chi connectivity index (χ4v) is 1.73. The van der Waals surface area contributed by atoms with Crippen molar-refractivity contribution in [3.8, 4) is 0 Å². The Morgan fingerprint density at radius 1 is 1.40 bits per heavy atom. The fourth-order valence-electron chi connectivity index (χ4n) is 1.29. The lowest BCUT2D eigenvalue weighted by molar-refractivity contribution is 0.139. The Morgan fingerprint density at radius 3 is 2.47 bits per heavy atom. The van der Waals surface area contributed by atoms with E-state index in [1.54, 1.807) is 6.92 Å². The van der Waals surface area contributed by atoms with Gasteiger partial charge >= 0.3 is 0 Å². The summed E-state index contributed by atoms with van der Waals surface area (Å²) in [6, 6.07) is 1.96. The zero-order chi connectivity index (χ0) is 11.6. The van der Waals surface area contributed by atoms with E-state index >= 15 is 0 Å². The number of rotatable bonds is 3. The first kappa shape index (κ1) is 12.7. The maximum absolute atomic E-state index is 13.6. The van der Waals surface area contributed by atoms with E-state index in [1.165, 1.54) is 12.1 Å². The van der Waals surface area contributed by atoms with Crippen molar-refractivity contribution in [3.05, 3.63) is 33.6 Å². The maximum Gasteiger partial charge on any atom is 0.148 e. The molecule has 3 N–H and O–H groups in total. The molecule has 0 aliphatic heterocycles. The van der Waals surface area contributed by atoms with Crippen LogP contribution in [0.1, 0.15) is 24.9 Å². The molecule has 1 rings (SSSR count). The molecule has 5 heteroatoms. The summed E-state index contributed by atoms with van der Waals surface area (Å²) in [6.07, 6.45) is -0.417. The Hall–Kier alpha value is -0.350. The van der Waals surface area contributed by atoms with E-state index in [-0.39, 0.29) is 15.6 Å². The number of benzene rings is 1. The largest absolute Gasteiger partial charge is 0.391 e. The van der Waals surface area contributed by atoms with Crippen LogP contribution in [-0.2, 0) is 0 Å². The Labute approximate surface area is 97.8 Å². The topological polar surface area (TPSA) is 46.2 Å². The normalized spacial score (nSPS) is 15.1. The van der Waals surface area contributed by atoms with Crippen molar-refractivity contribution in [2.75, 3.05) is 0 Å². The predicted octanol–water partition coefficient (Wildman–Crippen LogP) is 2.90. The molecule has 1 aromatic carbocycles. The molecule has 0 saturated heterocycles. The Kier molecular flexibility index (Phi) is 4.34. The van der Waals surface area contributed by atoms with Gasteiger partial charge in [-0.15, -0.1) is 0 Å². The molecule has 2 atom stereocenters. The molecule has 2 nitrogen and oxygen atoms in total. The van der Waals surface area contributed by atoms with Gasteiger partial charge in [0.2, 0.25) is 0 Å². The van der Waals surface area contributed by atoms with Gasteiger partial charge in [-0.1, -0.05) is 30.1 Å². The summed E-state index contributed by atoms with van der Waals surface area (Å²) >= 11 is 11.4. The lowest BCUT2D eigenvalue weighted by atomic mass is 10.00. The molecule has 0 aliphatic carbocycles. The summed E-state index contributed by atoms with van der Waals surface area (Å²) < 4.78 is 13.6. The molecule has 0 saturated carbocycles. The lowest BCUT2D eigenvalue weighted by Gasteiger charge is -2.19. The molecule has 0 amide bonds. The van der Waals surface area contributed by atoms with Crippen molar-refractivity contribution in [2.45, 2.75) is 25.5 Å². The Bertz CT molecular complexity index is 360. The zero-order valence-corrected chi connectivity index (χ0v) is 9.69. The number of hydrogen-bond acceptors (Lipinski definition) is 2. The minimum Gasteiger partial charge on any atom is -0.391 e. The molecule has 0 spiro atoms. The minimum absolute atomic E-state index is 0.0480. The van der Waals surface area contributed by atoms with Crippen molar-refractivity contribution in [3.63, 3.8) is 0 Å². The average Bonchev–Trinajstić information content (AvgIpc) is 2.22. The molecule has 0 radical (unpaired) electrons. The van der Waals surface area contributed by atoms with Gasteiger partial charge in [0.25, 0.3) is 0 Å². The molecule has 1 aromatic rings. The summed E-state index contributed by atoms with van der Waals surface area (Å²) in [4.78, 5) is 0. The van der Waals surface area contributed by atoms with Gasteiger partial charge in [0.15, 0.2) is 0 Å². The highest BCUT2D eigenvalue weighted by atomic mass is 35.5. The number of hydrogen-bond donors (Lipinski definition) is 2. The summed E-state index contributed by atoms with van der Waals surface area (Å²) in [6.45, 7) is 1.75. The third kappa shape index (κ3) is 2.61. The Balaban J connectivity index is 3.18. The van der Waals surface area contributed by atoms with E-state index in [4.69, 9.17) is 28.9 Å². The average molecular weight is 252 g/mol. The first-order chi connectivity index (χ1) is 6.99. The van der Waals surface area contributed by atoms with Gasteiger partial charge in [-0.3, -0.25) is 0 Å². The second-order valence-corrected chi connectivity index (χ2v) is 4.07. The van der Waals surface area contributed by atoms with Crippen LogP contribution in [-0.4, -0.2) is 11.2 Å². The molecule has 0 aliphatic rings. The van der Waals surface area contributed by atoms with Crippen LogP contribution in [0.4, 0.5) is 4.39 Å². The lowest BCUT2D eigenvalue weighted by Crippen LogP contribution is -2.26. The van der Waals surface area contributed by atoms with Gasteiger partial charge < -0.3 is 10.8 Å². The molecule has 0 aromatic heterocycles. The molecular formula is C10H12Cl2FNO. The van der Waals surface area contributed by atoms with Crippen LogP contribution in [0, 0.1) is 5.82 Å². The van der Waals surface area contributed by atoms with E-state index in [9.17, 15) is 9.50 Å². The summed E-state index contributed by atoms with van der Waals surface area (Å²) in [5, 5.41) is 9.66. The van der Waals surface area contributed by atoms with Crippen LogP contribution in [0.3, 0.4) is 0 Å². The van der Waals surface area contributed by atoms with Gasteiger partial charge in [0.05, 0.1) is 17.2 Å². The van der Waals surface area contributed by atoms with Gasteiger partial charge in [0.1, 0.15) is 5.82 Å². The van der Waals surface area contributed by atoms with E-state index in [0.717, 1.165) is 0 Å². The van der Waals surface area contributed by atoms with E-state index in [2.05, 4.69) is 0 Å². The standard InChI is InChI=1S/C10H12Cl2FNO/c1-2-7(15)10(14)8-5(11)3-4-6(12)9(8)13/h3-4,7,10,15H,2,14H2,1H3/t7-,10-/m0/s1. The van der Waals surface area contributed by atoms with Gasteiger partial charge in [-0.25, -0.2) is 4.39 Å². The van der Waals surface area contributed by atoms with E-state index in [1.807, 2.05) is 0 Å². The van der Waals surface area contributed by atoms with Crippen LogP contribution < -0.4 is 5.73 Å². The molecule has 0 unspecified atom stereocenters. The summed E-state index contributed by atoms with van der Waals surface area (Å²) in [7, 11) is 0. The molecule has 0 heterocycles. The highest BCUT2D eigenvalue weighted by Crippen LogP contribution is 2.31. The molecular weight excluding hydrogens is 240 g/mol. The van der Waals surface area contributed by atoms with E-state index in [0.29, 0.717) is 6.42 Å². The first-order valence-electron chi connectivity index (χ1n) is 4.56. The van der Waals surface area contributed by atoms with Crippen LogP contribution in [0.15, 0.2) is 12.1 Å². The van der Waals surface area contributed by atoms with E-state index < -0.39 is 18.0 Å². The number of aliphatic hydroxyl groups excluding tert-OH is 1. The van der Waals surface area contributed by atoms with Crippen molar-refractivity contribution < 1.29 is 9.50 Å². The minimum atomic E-state index is -0.860. The highest BCUT2D eigenvalue weighted by molar-refractivity contribution is 6.33. The predicted molar refractivity (Wildman–Crippen MR) is 59.6 cm³/mol. The van der Waals surface area contributed by atoms with Crippen LogP contribution in [0.5, 0.6) is 0 Å². The van der Waals surface area contributed by atoms with Crippen LogP contribution in [0.25, 0.3) is 0 Å². The van der Waals surface area contributed by atoms with Crippen molar-refractivity contribution in [1.82, 2.24) is 0 Å². The smallest absolute Gasteiger partial charge is 0.148 e. The molecule has 15 heavy (non-hydrogen) atoms. The van der Waals surface area contributed by atoms with Crippen molar-refractivity contribution >= 4 is 23.2 Å². The second-order valence-electron chi connectivity index (χ2n) is 3.26. The number of aliphatic hydroxyl groups is 1. The van der Waals surface area contributed by atoms with Gasteiger partial charge in [-0.05, 0) is 18.6 Å². The zero-order valence-electron chi connectivity index (χ0n) is 8.17. The highest BCUT2D eigenvalue weighted by Gasteiger charge is 2.22. The molecule has 84 valence electrons. The number of halogens is 3. The molecule has 0 fully saturated rings.